The Balaban J connectivity index is 2.88. The maximum absolute atomic E-state index is 13.1. The van der Waals surface area contributed by atoms with E-state index in [2.05, 4.69) is 0 Å². The van der Waals surface area contributed by atoms with Gasteiger partial charge in [0.25, 0.3) is 0 Å². The Morgan fingerprint density at radius 3 is 2.62 bits per heavy atom. The number of hydrogen-bond donors (Lipinski definition) is 1. The molecule has 0 heterocycles. The minimum atomic E-state index is -0.703. The van der Waals surface area contributed by atoms with Gasteiger partial charge in [0, 0.05) is 13.5 Å². The fraction of sp³-hybridized carbons (Fsp3) is 0.538. The van der Waals surface area contributed by atoms with Gasteiger partial charge >= 0.3 is 0 Å². The molecule has 0 aliphatic rings. The quantitative estimate of drug-likeness (QED) is 0.855. The summed E-state index contributed by atoms with van der Waals surface area (Å²) < 4.78 is 18.3. The maximum Gasteiger partial charge on any atom is 0.123 e. The van der Waals surface area contributed by atoms with Crippen molar-refractivity contribution in [1.29, 1.82) is 0 Å². The highest BCUT2D eigenvalue weighted by atomic mass is 19.1. The van der Waals surface area contributed by atoms with Crippen LogP contribution in [0.15, 0.2) is 18.2 Å². The highest BCUT2D eigenvalue weighted by Gasteiger charge is 2.23. The number of ether oxygens (including phenoxy) is 1. The third-order valence-electron chi connectivity index (χ3n) is 2.84. The number of hydrogen-bond acceptors (Lipinski definition) is 2. The molecule has 1 unspecified atom stereocenters. The van der Waals surface area contributed by atoms with E-state index in [0.29, 0.717) is 12.0 Å². The van der Waals surface area contributed by atoms with Crippen molar-refractivity contribution < 1.29 is 14.2 Å². The van der Waals surface area contributed by atoms with E-state index < -0.39 is 11.7 Å². The summed E-state index contributed by atoms with van der Waals surface area (Å²) in [6.07, 6.45) is -0.265. The van der Waals surface area contributed by atoms with Gasteiger partial charge in [-0.25, -0.2) is 4.39 Å². The summed E-state index contributed by atoms with van der Waals surface area (Å²) in [6, 6.07) is 4.45. The fourth-order valence-electron chi connectivity index (χ4n) is 1.63. The van der Waals surface area contributed by atoms with Gasteiger partial charge in [0.05, 0.1) is 11.7 Å². The Kier molecular flexibility index (Phi) is 4.05. The molecule has 2 nitrogen and oxygen atoms in total. The van der Waals surface area contributed by atoms with E-state index in [-0.39, 0.29) is 5.82 Å². The van der Waals surface area contributed by atoms with Gasteiger partial charge in [-0.1, -0.05) is 6.07 Å². The first-order chi connectivity index (χ1) is 7.35. The lowest BCUT2D eigenvalue weighted by Crippen LogP contribution is -2.25. The molecule has 16 heavy (non-hydrogen) atoms. The Morgan fingerprint density at radius 1 is 1.44 bits per heavy atom. The molecule has 90 valence electrons. The second-order valence-electron chi connectivity index (χ2n) is 4.68. The highest BCUT2D eigenvalue weighted by molar-refractivity contribution is 5.28. The maximum atomic E-state index is 13.1. The van der Waals surface area contributed by atoms with E-state index in [1.807, 2.05) is 20.8 Å². The first-order valence-corrected chi connectivity index (χ1v) is 5.35. The molecule has 1 aromatic carbocycles. The van der Waals surface area contributed by atoms with Crippen LogP contribution in [0.4, 0.5) is 4.39 Å². The zero-order valence-electron chi connectivity index (χ0n) is 10.2. The van der Waals surface area contributed by atoms with Crippen molar-refractivity contribution in [1.82, 2.24) is 0 Å². The molecule has 1 rings (SSSR count). The van der Waals surface area contributed by atoms with E-state index in [9.17, 15) is 9.50 Å². The number of aliphatic hydroxyl groups excluding tert-OH is 1. The topological polar surface area (TPSA) is 29.5 Å². The summed E-state index contributed by atoms with van der Waals surface area (Å²) in [7, 11) is 1.60. The van der Waals surface area contributed by atoms with Gasteiger partial charge in [-0.05, 0) is 44.0 Å². The van der Waals surface area contributed by atoms with E-state index in [1.165, 1.54) is 12.1 Å². The molecule has 1 atom stereocenters. The molecule has 1 N–H and O–H groups in total. The lowest BCUT2D eigenvalue weighted by molar-refractivity contribution is -0.0202. The minimum absolute atomic E-state index is 0.324. The first kappa shape index (κ1) is 13.1. The number of methoxy groups -OCH3 is 1. The molecule has 0 spiro atoms. The Hall–Kier alpha value is -0.930. The monoisotopic (exact) mass is 226 g/mol. The summed E-state index contributed by atoms with van der Waals surface area (Å²) in [6.45, 7) is 5.65. The Bertz CT molecular complexity index is 361. The SMILES string of the molecule is COC(C)(C)CC(O)c1cc(F)ccc1C. The van der Waals surface area contributed by atoms with Gasteiger partial charge < -0.3 is 9.84 Å². The van der Waals surface area contributed by atoms with Crippen molar-refractivity contribution >= 4 is 0 Å². The lowest BCUT2D eigenvalue weighted by atomic mass is 9.93. The molecule has 3 heteroatoms. The highest BCUT2D eigenvalue weighted by Crippen LogP contribution is 2.28. The molecule has 0 aliphatic carbocycles. The predicted octanol–water partition coefficient (Wildman–Crippen LogP) is 2.98. The molecule has 1 aromatic rings. The van der Waals surface area contributed by atoms with Crippen LogP contribution < -0.4 is 0 Å². The number of rotatable bonds is 4. The van der Waals surface area contributed by atoms with Crippen LogP contribution in [-0.2, 0) is 4.74 Å². The average molecular weight is 226 g/mol. The molecule has 0 aliphatic heterocycles. The van der Waals surface area contributed by atoms with Crippen molar-refractivity contribution in [2.45, 2.75) is 38.9 Å². The van der Waals surface area contributed by atoms with Crippen LogP contribution in [0.25, 0.3) is 0 Å². The Labute approximate surface area is 96.1 Å². The van der Waals surface area contributed by atoms with Gasteiger partial charge in [-0.2, -0.15) is 0 Å². The van der Waals surface area contributed by atoms with Crippen molar-refractivity contribution in [2.75, 3.05) is 7.11 Å². The summed E-state index contributed by atoms with van der Waals surface area (Å²) in [5.74, 6) is -0.324. The van der Waals surface area contributed by atoms with Crippen LogP contribution in [0.1, 0.15) is 37.5 Å². The molecule has 0 bridgehead atoms. The van der Waals surface area contributed by atoms with Crippen molar-refractivity contribution in [3.05, 3.63) is 35.1 Å². The molecular weight excluding hydrogens is 207 g/mol. The van der Waals surface area contributed by atoms with Gasteiger partial charge in [-0.3, -0.25) is 0 Å². The average Bonchev–Trinajstić information content (AvgIpc) is 2.21. The second-order valence-corrected chi connectivity index (χ2v) is 4.68. The fourth-order valence-corrected chi connectivity index (χ4v) is 1.63. The van der Waals surface area contributed by atoms with Crippen LogP contribution in [0.2, 0.25) is 0 Å². The predicted molar refractivity (Wildman–Crippen MR) is 61.8 cm³/mol. The largest absolute Gasteiger partial charge is 0.388 e. The van der Waals surface area contributed by atoms with Crippen LogP contribution in [0.5, 0.6) is 0 Å². The molecule has 0 saturated carbocycles. The van der Waals surface area contributed by atoms with Crippen molar-refractivity contribution in [2.24, 2.45) is 0 Å². The Morgan fingerprint density at radius 2 is 2.06 bits per heavy atom. The summed E-state index contributed by atoms with van der Waals surface area (Å²) >= 11 is 0. The molecule has 0 aromatic heterocycles. The van der Waals surface area contributed by atoms with E-state index >= 15 is 0 Å². The zero-order chi connectivity index (χ0) is 12.3. The van der Waals surface area contributed by atoms with Crippen LogP contribution in [0, 0.1) is 12.7 Å². The van der Waals surface area contributed by atoms with E-state index in [0.717, 1.165) is 5.56 Å². The summed E-state index contributed by atoms with van der Waals surface area (Å²) in [5, 5.41) is 10.0. The first-order valence-electron chi connectivity index (χ1n) is 5.35. The smallest absolute Gasteiger partial charge is 0.123 e. The summed E-state index contributed by atoms with van der Waals surface area (Å²) in [5.41, 5.74) is 1.10. The standard InChI is InChI=1S/C13H19FO2/c1-9-5-6-10(14)7-11(9)12(15)8-13(2,3)16-4/h5-7,12,15H,8H2,1-4H3. The van der Waals surface area contributed by atoms with Gasteiger partial charge in [-0.15, -0.1) is 0 Å². The molecule has 0 fully saturated rings. The minimum Gasteiger partial charge on any atom is -0.388 e. The molecule has 0 saturated heterocycles. The van der Waals surface area contributed by atoms with E-state index in [1.54, 1.807) is 13.2 Å². The van der Waals surface area contributed by atoms with Gasteiger partial charge in [0.1, 0.15) is 5.82 Å². The second kappa shape index (κ2) is 4.93. The third-order valence-corrected chi connectivity index (χ3v) is 2.84. The molecular formula is C13H19FO2. The van der Waals surface area contributed by atoms with Gasteiger partial charge in [0.15, 0.2) is 0 Å². The normalized spacial score (nSPS) is 13.9. The number of aryl methyl sites for hydroxylation is 1. The van der Waals surface area contributed by atoms with Crippen LogP contribution >= 0.6 is 0 Å². The molecule has 0 radical (unpaired) electrons. The third kappa shape index (κ3) is 3.29. The molecule has 0 amide bonds. The van der Waals surface area contributed by atoms with Crippen LogP contribution in [0.3, 0.4) is 0 Å². The van der Waals surface area contributed by atoms with E-state index in [4.69, 9.17) is 4.74 Å². The van der Waals surface area contributed by atoms with Crippen molar-refractivity contribution in [3.63, 3.8) is 0 Å². The van der Waals surface area contributed by atoms with Crippen molar-refractivity contribution in [3.8, 4) is 0 Å². The summed E-state index contributed by atoms with van der Waals surface area (Å²) in [4.78, 5) is 0. The number of halogens is 1. The number of benzene rings is 1. The lowest BCUT2D eigenvalue weighted by Gasteiger charge is -2.26. The van der Waals surface area contributed by atoms with Crippen LogP contribution in [-0.4, -0.2) is 17.8 Å². The number of aliphatic hydroxyl groups is 1. The van der Waals surface area contributed by atoms with Gasteiger partial charge in [0.2, 0.25) is 0 Å². The zero-order valence-corrected chi connectivity index (χ0v) is 10.2.